The number of anilines is 2. The smallest absolute Gasteiger partial charge is 0.264 e. The average molecular weight is 453 g/mol. The fraction of sp³-hybridized carbons (Fsp3) is 0.0909. The van der Waals surface area contributed by atoms with Crippen molar-refractivity contribution in [1.82, 2.24) is 14.5 Å². The van der Waals surface area contributed by atoms with Gasteiger partial charge in [-0.15, -0.1) is 0 Å². The molecule has 2 aromatic heterocycles. The van der Waals surface area contributed by atoms with E-state index in [2.05, 4.69) is 20.1 Å². The molecule has 3 N–H and O–H groups in total. The van der Waals surface area contributed by atoms with Crippen molar-refractivity contribution >= 4 is 39.8 Å². The highest BCUT2D eigenvalue weighted by atomic mass is 35.5. The second kappa shape index (κ2) is 8.24. The molecule has 2 aromatic carbocycles. The molecule has 0 saturated heterocycles. The van der Waals surface area contributed by atoms with E-state index in [0.29, 0.717) is 11.1 Å². The summed E-state index contributed by atoms with van der Waals surface area (Å²) in [5.41, 5.74) is 5.58. The maximum atomic E-state index is 14.0. The minimum atomic E-state index is -0.836. The van der Waals surface area contributed by atoms with Crippen molar-refractivity contribution in [2.45, 2.75) is 13.0 Å². The van der Waals surface area contributed by atoms with Gasteiger partial charge in [-0.05, 0) is 36.6 Å². The first-order valence-corrected chi connectivity index (χ1v) is 9.73. The van der Waals surface area contributed by atoms with Crippen LogP contribution in [0.4, 0.5) is 26.2 Å². The molecule has 0 spiro atoms. The summed E-state index contributed by atoms with van der Waals surface area (Å²) in [6, 6.07) is 8.85. The number of aromatic nitrogens is 3. The summed E-state index contributed by atoms with van der Waals surface area (Å²) in [5, 5.41) is 4.01. The second-order valence-corrected chi connectivity index (χ2v) is 7.39. The summed E-state index contributed by atoms with van der Waals surface area (Å²) < 4.78 is 29.2. The maximum absolute atomic E-state index is 14.0. The highest BCUT2D eigenvalue weighted by Gasteiger charge is 2.20. The lowest BCUT2D eigenvalue weighted by Gasteiger charge is -2.22. The lowest BCUT2D eigenvalue weighted by molar-refractivity contribution is 0.580. The van der Waals surface area contributed by atoms with Crippen LogP contribution in [-0.4, -0.2) is 14.5 Å². The molecule has 7 nitrogen and oxygen atoms in total. The summed E-state index contributed by atoms with van der Waals surface area (Å²) in [6.45, 7) is 9.02. The summed E-state index contributed by atoms with van der Waals surface area (Å²) in [6.07, 6.45) is 1.28. The Morgan fingerprint density at radius 1 is 1.22 bits per heavy atom. The lowest BCUT2D eigenvalue weighted by Crippen LogP contribution is -2.26. The molecule has 0 aliphatic heterocycles. The van der Waals surface area contributed by atoms with E-state index in [1.165, 1.54) is 10.8 Å². The molecule has 1 atom stereocenters. The van der Waals surface area contributed by atoms with E-state index >= 15 is 0 Å². The minimum Gasteiger partial charge on any atom is -0.371 e. The summed E-state index contributed by atoms with van der Waals surface area (Å²) in [5.74, 6) is -1.55. The van der Waals surface area contributed by atoms with E-state index < -0.39 is 23.2 Å². The van der Waals surface area contributed by atoms with Gasteiger partial charge in [-0.2, -0.15) is 0 Å². The Bertz CT molecular complexity index is 1440. The number of nitrogens with two attached hydrogens (primary N) is 1. The van der Waals surface area contributed by atoms with E-state index in [9.17, 15) is 13.6 Å². The van der Waals surface area contributed by atoms with Gasteiger partial charge in [0.25, 0.3) is 5.56 Å². The van der Waals surface area contributed by atoms with Crippen molar-refractivity contribution < 1.29 is 8.78 Å². The number of rotatable bonds is 4. The average Bonchev–Trinajstić information content (AvgIpc) is 2.73. The van der Waals surface area contributed by atoms with Crippen LogP contribution in [0.25, 0.3) is 21.3 Å². The standard InChI is InChI=1S/C22H15ClF2N6O/c1-11(29-20-17(27-2)10-28-22(26)30-20)18-6-12-4-3-5-16(23)19(12)21(32)31(18)15-8-13(24)7-14(25)9-15/h3-11H,1H3,(H3,26,28,29,30)/t11-/m0/s1. The van der Waals surface area contributed by atoms with Crippen LogP contribution in [0.1, 0.15) is 18.7 Å². The largest absolute Gasteiger partial charge is 0.371 e. The number of hydrogen-bond donors (Lipinski definition) is 2. The van der Waals surface area contributed by atoms with Crippen LogP contribution in [0.3, 0.4) is 0 Å². The topological polar surface area (TPSA) is 90.2 Å². The fourth-order valence-electron chi connectivity index (χ4n) is 3.45. The molecule has 4 rings (SSSR count). The van der Waals surface area contributed by atoms with E-state index in [4.69, 9.17) is 23.9 Å². The Labute approximate surface area is 185 Å². The van der Waals surface area contributed by atoms with Crippen LogP contribution >= 0.6 is 11.6 Å². The number of hydrogen-bond acceptors (Lipinski definition) is 5. The molecule has 0 bridgehead atoms. The Balaban J connectivity index is 1.97. The predicted octanol–water partition coefficient (Wildman–Crippen LogP) is 5.02. The Morgan fingerprint density at radius 2 is 1.94 bits per heavy atom. The van der Waals surface area contributed by atoms with Crippen molar-refractivity contribution in [1.29, 1.82) is 0 Å². The predicted molar refractivity (Wildman–Crippen MR) is 119 cm³/mol. The van der Waals surface area contributed by atoms with Crippen molar-refractivity contribution in [3.8, 4) is 5.69 Å². The highest BCUT2D eigenvalue weighted by Crippen LogP contribution is 2.30. The monoisotopic (exact) mass is 452 g/mol. The molecule has 4 aromatic rings. The molecular formula is C22H15ClF2N6O. The Morgan fingerprint density at radius 3 is 2.62 bits per heavy atom. The third kappa shape index (κ3) is 3.84. The van der Waals surface area contributed by atoms with Gasteiger partial charge in [0.2, 0.25) is 11.6 Å². The third-order valence-corrected chi connectivity index (χ3v) is 5.15. The highest BCUT2D eigenvalue weighted by molar-refractivity contribution is 6.35. The maximum Gasteiger partial charge on any atom is 0.264 e. The number of benzene rings is 2. The van der Waals surface area contributed by atoms with Gasteiger partial charge < -0.3 is 11.1 Å². The molecule has 0 radical (unpaired) electrons. The Kier molecular flexibility index (Phi) is 5.47. The number of nitrogens with one attached hydrogen (secondary N) is 1. The van der Waals surface area contributed by atoms with E-state index in [0.717, 1.165) is 18.2 Å². The number of halogens is 3. The fourth-order valence-corrected chi connectivity index (χ4v) is 3.71. The van der Waals surface area contributed by atoms with Gasteiger partial charge in [0.1, 0.15) is 17.5 Å². The van der Waals surface area contributed by atoms with Crippen LogP contribution < -0.4 is 16.6 Å². The van der Waals surface area contributed by atoms with Gasteiger partial charge in [0, 0.05) is 18.0 Å². The molecule has 0 aliphatic carbocycles. The molecule has 0 saturated carbocycles. The zero-order valence-electron chi connectivity index (χ0n) is 16.6. The van der Waals surface area contributed by atoms with Gasteiger partial charge in [-0.1, -0.05) is 23.7 Å². The van der Waals surface area contributed by atoms with Gasteiger partial charge >= 0.3 is 0 Å². The van der Waals surface area contributed by atoms with E-state index in [-0.39, 0.29) is 33.5 Å². The van der Waals surface area contributed by atoms with Crippen molar-refractivity contribution in [2.24, 2.45) is 0 Å². The van der Waals surface area contributed by atoms with Crippen molar-refractivity contribution in [3.63, 3.8) is 0 Å². The zero-order chi connectivity index (χ0) is 23.0. The SMILES string of the molecule is [C-]#[N+]c1cnc(N)nc1N[C@@H](C)c1cc2cccc(Cl)c2c(=O)n1-c1cc(F)cc(F)c1. The van der Waals surface area contributed by atoms with Crippen LogP contribution in [0.5, 0.6) is 0 Å². The van der Waals surface area contributed by atoms with E-state index in [1.807, 2.05) is 0 Å². The van der Waals surface area contributed by atoms with Gasteiger partial charge in [0.05, 0.1) is 28.7 Å². The molecule has 0 aliphatic rings. The summed E-state index contributed by atoms with van der Waals surface area (Å²) >= 11 is 6.26. The lowest BCUT2D eigenvalue weighted by atomic mass is 10.1. The molecular weight excluding hydrogens is 438 g/mol. The van der Waals surface area contributed by atoms with Crippen LogP contribution in [0.15, 0.2) is 53.5 Å². The number of nitrogen functional groups attached to an aromatic ring is 1. The third-order valence-electron chi connectivity index (χ3n) is 4.84. The molecule has 10 heteroatoms. The first-order chi connectivity index (χ1) is 15.3. The van der Waals surface area contributed by atoms with Gasteiger partial charge in [-0.25, -0.2) is 23.6 Å². The van der Waals surface area contributed by atoms with Gasteiger partial charge in [-0.3, -0.25) is 9.36 Å². The van der Waals surface area contributed by atoms with Gasteiger partial charge in [0.15, 0.2) is 0 Å². The number of nitrogens with zero attached hydrogens (tertiary/aromatic N) is 4. The van der Waals surface area contributed by atoms with Crippen LogP contribution in [-0.2, 0) is 0 Å². The van der Waals surface area contributed by atoms with Crippen LogP contribution in [0.2, 0.25) is 5.02 Å². The number of pyridine rings is 1. The quantitative estimate of drug-likeness (QED) is 0.424. The first kappa shape index (κ1) is 21.2. The molecule has 32 heavy (non-hydrogen) atoms. The second-order valence-electron chi connectivity index (χ2n) is 6.98. The van der Waals surface area contributed by atoms with Crippen molar-refractivity contribution in [3.05, 3.63) is 92.8 Å². The normalized spacial score (nSPS) is 11.8. The summed E-state index contributed by atoms with van der Waals surface area (Å²) in [4.78, 5) is 24.7. The molecule has 0 amide bonds. The Hall–Kier alpha value is -4.03. The summed E-state index contributed by atoms with van der Waals surface area (Å²) in [7, 11) is 0. The zero-order valence-corrected chi connectivity index (χ0v) is 17.4. The minimum absolute atomic E-state index is 0.00873. The molecule has 0 unspecified atom stereocenters. The van der Waals surface area contributed by atoms with Crippen molar-refractivity contribution in [2.75, 3.05) is 11.1 Å². The van der Waals surface area contributed by atoms with E-state index in [1.54, 1.807) is 31.2 Å². The first-order valence-electron chi connectivity index (χ1n) is 9.35. The van der Waals surface area contributed by atoms with Crippen LogP contribution in [0, 0.1) is 18.2 Å². The molecule has 0 fully saturated rings. The number of fused-ring (bicyclic) bond motifs is 1. The molecule has 160 valence electrons. The molecule has 2 heterocycles.